The van der Waals surface area contributed by atoms with Crippen molar-refractivity contribution in [3.8, 4) is 0 Å². The number of carbonyl (C=O) groups excluding carboxylic acids is 1. The highest BCUT2D eigenvalue weighted by atomic mass is 16.5. The number of hydrogen-bond acceptors (Lipinski definition) is 2. The number of carbonyl (C=O) groups is 1. The number of ether oxygens (including phenoxy) is 1. The lowest BCUT2D eigenvalue weighted by Gasteiger charge is -2.23. The van der Waals surface area contributed by atoms with Crippen LogP contribution in [0.15, 0.2) is 36.4 Å². The van der Waals surface area contributed by atoms with E-state index in [9.17, 15) is 4.79 Å². The Labute approximate surface area is 121 Å². The van der Waals surface area contributed by atoms with Gasteiger partial charge in [0.15, 0.2) is 0 Å². The maximum Gasteiger partial charge on any atom is 0.246 e. The van der Waals surface area contributed by atoms with Crippen molar-refractivity contribution in [2.24, 2.45) is 0 Å². The molecule has 1 aliphatic rings. The minimum Gasteiger partial charge on any atom is -0.376 e. The third-order valence-corrected chi connectivity index (χ3v) is 3.47. The van der Waals surface area contributed by atoms with E-state index in [0.717, 1.165) is 38.0 Å². The van der Waals surface area contributed by atoms with Crippen LogP contribution < -0.4 is 0 Å². The molecule has 1 unspecified atom stereocenters. The molecule has 0 spiro atoms. The van der Waals surface area contributed by atoms with Crippen molar-refractivity contribution in [2.45, 2.75) is 32.3 Å². The lowest BCUT2D eigenvalue weighted by molar-refractivity contribution is -0.127. The predicted octanol–water partition coefficient (Wildman–Crippen LogP) is 3.12. The van der Waals surface area contributed by atoms with E-state index in [0.29, 0.717) is 6.54 Å². The van der Waals surface area contributed by atoms with Crippen LogP contribution in [0.1, 0.15) is 31.7 Å². The molecule has 0 saturated carbocycles. The van der Waals surface area contributed by atoms with E-state index in [1.807, 2.05) is 41.3 Å². The Balaban J connectivity index is 1.93. The van der Waals surface area contributed by atoms with E-state index in [2.05, 4.69) is 6.92 Å². The third-order valence-electron chi connectivity index (χ3n) is 3.47. The summed E-state index contributed by atoms with van der Waals surface area (Å²) >= 11 is 0. The van der Waals surface area contributed by atoms with Crippen LogP contribution >= 0.6 is 0 Å². The summed E-state index contributed by atoms with van der Waals surface area (Å²) in [6.07, 6.45) is 6.91. The van der Waals surface area contributed by atoms with Crippen LogP contribution in [0.5, 0.6) is 0 Å². The summed E-state index contributed by atoms with van der Waals surface area (Å²) in [5, 5.41) is 0. The highest BCUT2D eigenvalue weighted by Crippen LogP contribution is 2.14. The predicted molar refractivity (Wildman–Crippen MR) is 81.3 cm³/mol. The summed E-state index contributed by atoms with van der Waals surface area (Å²) in [7, 11) is 0. The van der Waals surface area contributed by atoms with Crippen LogP contribution in [0, 0.1) is 0 Å². The minimum atomic E-state index is 0.0752. The molecule has 1 aromatic carbocycles. The first-order valence-corrected chi connectivity index (χ1v) is 7.43. The van der Waals surface area contributed by atoms with Gasteiger partial charge in [0.05, 0.1) is 6.10 Å². The summed E-state index contributed by atoms with van der Waals surface area (Å²) in [4.78, 5) is 14.2. The fourth-order valence-corrected chi connectivity index (χ4v) is 2.43. The highest BCUT2D eigenvalue weighted by Gasteiger charge is 2.20. The molecule has 1 saturated heterocycles. The van der Waals surface area contributed by atoms with Crippen LogP contribution in [0.2, 0.25) is 0 Å². The Hall–Kier alpha value is -1.61. The standard InChI is InChI=1S/C17H23NO2/c1-2-12-18(14-16-9-6-13-20-16)17(19)11-10-15-7-4-3-5-8-15/h3-5,7-8,10-11,16H,2,6,9,12-14H2,1H3/b11-10+. The normalized spacial score (nSPS) is 18.6. The number of nitrogens with zero attached hydrogens (tertiary/aromatic N) is 1. The van der Waals surface area contributed by atoms with Gasteiger partial charge in [0, 0.05) is 25.8 Å². The molecule has 20 heavy (non-hydrogen) atoms. The van der Waals surface area contributed by atoms with E-state index in [4.69, 9.17) is 4.74 Å². The first kappa shape index (κ1) is 14.8. The molecule has 1 aliphatic heterocycles. The molecule has 1 atom stereocenters. The van der Waals surface area contributed by atoms with E-state index in [1.54, 1.807) is 6.08 Å². The third kappa shape index (κ3) is 4.49. The molecule has 108 valence electrons. The fraction of sp³-hybridized carbons (Fsp3) is 0.471. The molecule has 1 fully saturated rings. The van der Waals surface area contributed by atoms with Gasteiger partial charge in [-0.1, -0.05) is 37.3 Å². The van der Waals surface area contributed by atoms with Crippen molar-refractivity contribution in [1.82, 2.24) is 4.90 Å². The van der Waals surface area contributed by atoms with E-state index >= 15 is 0 Å². The first-order chi connectivity index (χ1) is 9.79. The number of benzene rings is 1. The molecule has 0 bridgehead atoms. The number of rotatable bonds is 6. The average molecular weight is 273 g/mol. The monoisotopic (exact) mass is 273 g/mol. The summed E-state index contributed by atoms with van der Waals surface area (Å²) in [6.45, 7) is 4.43. The second-order valence-electron chi connectivity index (χ2n) is 5.16. The van der Waals surface area contributed by atoms with Gasteiger partial charge >= 0.3 is 0 Å². The number of amides is 1. The van der Waals surface area contributed by atoms with Crippen molar-refractivity contribution in [3.05, 3.63) is 42.0 Å². The molecule has 0 radical (unpaired) electrons. The fourth-order valence-electron chi connectivity index (χ4n) is 2.43. The van der Waals surface area contributed by atoms with Crippen LogP contribution in [0.4, 0.5) is 0 Å². The lowest BCUT2D eigenvalue weighted by Crippen LogP contribution is -2.36. The van der Waals surface area contributed by atoms with Gasteiger partial charge < -0.3 is 9.64 Å². The molecular formula is C17H23NO2. The van der Waals surface area contributed by atoms with Crippen LogP contribution in [0.25, 0.3) is 6.08 Å². The van der Waals surface area contributed by atoms with Crippen molar-refractivity contribution in [3.63, 3.8) is 0 Å². The van der Waals surface area contributed by atoms with Gasteiger partial charge in [-0.05, 0) is 30.9 Å². The molecule has 0 aliphatic carbocycles. The van der Waals surface area contributed by atoms with Crippen LogP contribution in [-0.4, -0.2) is 36.6 Å². The van der Waals surface area contributed by atoms with E-state index in [-0.39, 0.29) is 12.0 Å². The zero-order valence-electron chi connectivity index (χ0n) is 12.1. The molecule has 1 heterocycles. The quantitative estimate of drug-likeness (QED) is 0.745. The van der Waals surface area contributed by atoms with Crippen molar-refractivity contribution in [1.29, 1.82) is 0 Å². The van der Waals surface area contributed by atoms with Crippen LogP contribution in [0.3, 0.4) is 0 Å². The Morgan fingerprint density at radius 1 is 1.40 bits per heavy atom. The summed E-state index contributed by atoms with van der Waals surface area (Å²) in [5.74, 6) is 0.0752. The van der Waals surface area contributed by atoms with Gasteiger partial charge in [-0.15, -0.1) is 0 Å². The summed E-state index contributed by atoms with van der Waals surface area (Å²) in [6, 6.07) is 9.91. The van der Waals surface area contributed by atoms with Crippen molar-refractivity contribution >= 4 is 12.0 Å². The summed E-state index contributed by atoms with van der Waals surface area (Å²) < 4.78 is 5.62. The van der Waals surface area contributed by atoms with Crippen molar-refractivity contribution < 1.29 is 9.53 Å². The van der Waals surface area contributed by atoms with Crippen LogP contribution in [-0.2, 0) is 9.53 Å². The van der Waals surface area contributed by atoms with Gasteiger partial charge in [0.2, 0.25) is 5.91 Å². The zero-order chi connectivity index (χ0) is 14.2. The molecular weight excluding hydrogens is 250 g/mol. The Morgan fingerprint density at radius 3 is 2.85 bits per heavy atom. The molecule has 3 heteroatoms. The topological polar surface area (TPSA) is 29.5 Å². The van der Waals surface area contributed by atoms with Gasteiger partial charge in [-0.25, -0.2) is 0 Å². The largest absolute Gasteiger partial charge is 0.376 e. The second kappa shape index (κ2) is 7.85. The van der Waals surface area contributed by atoms with E-state index < -0.39 is 0 Å². The van der Waals surface area contributed by atoms with Crippen molar-refractivity contribution in [2.75, 3.05) is 19.7 Å². The zero-order valence-corrected chi connectivity index (χ0v) is 12.1. The smallest absolute Gasteiger partial charge is 0.246 e. The van der Waals surface area contributed by atoms with Gasteiger partial charge in [-0.2, -0.15) is 0 Å². The maximum atomic E-state index is 12.3. The summed E-state index contributed by atoms with van der Waals surface area (Å²) in [5.41, 5.74) is 1.05. The Bertz CT molecular complexity index is 436. The maximum absolute atomic E-state index is 12.3. The Morgan fingerprint density at radius 2 is 2.20 bits per heavy atom. The molecule has 1 amide bonds. The average Bonchev–Trinajstić information content (AvgIpc) is 2.98. The van der Waals surface area contributed by atoms with Gasteiger partial charge in [0.1, 0.15) is 0 Å². The SMILES string of the molecule is CCCN(CC1CCCO1)C(=O)/C=C/c1ccccc1. The Kier molecular flexibility index (Phi) is 5.81. The van der Waals surface area contributed by atoms with Gasteiger partial charge in [-0.3, -0.25) is 4.79 Å². The number of hydrogen-bond donors (Lipinski definition) is 0. The lowest BCUT2D eigenvalue weighted by atomic mass is 10.2. The van der Waals surface area contributed by atoms with E-state index in [1.165, 1.54) is 0 Å². The molecule has 0 N–H and O–H groups in total. The first-order valence-electron chi connectivity index (χ1n) is 7.43. The molecule has 2 rings (SSSR count). The molecule has 1 aromatic rings. The van der Waals surface area contributed by atoms with Gasteiger partial charge in [0.25, 0.3) is 0 Å². The highest BCUT2D eigenvalue weighted by molar-refractivity contribution is 5.91. The molecule has 3 nitrogen and oxygen atoms in total. The second-order valence-corrected chi connectivity index (χ2v) is 5.16. The minimum absolute atomic E-state index is 0.0752. The molecule has 0 aromatic heterocycles.